The summed E-state index contributed by atoms with van der Waals surface area (Å²) in [4.78, 5) is 16.1. The third-order valence-corrected chi connectivity index (χ3v) is 4.41. The average Bonchev–Trinajstić information content (AvgIpc) is 3.19. The van der Waals surface area contributed by atoms with Gasteiger partial charge in [0.05, 0.1) is 11.9 Å². The summed E-state index contributed by atoms with van der Waals surface area (Å²) in [5, 5.41) is 9.41. The van der Waals surface area contributed by atoms with Crippen LogP contribution in [-0.4, -0.2) is 26.9 Å². The molecule has 7 heteroatoms. The molecule has 0 aliphatic heterocycles. The number of carbonyl (C=O) groups excluding carboxylic acids is 1. The number of carbonyl (C=O) groups is 1. The monoisotopic (exact) mass is 401 g/mol. The molecule has 0 saturated carbocycles. The number of rotatable bonds is 5. The summed E-state index contributed by atoms with van der Waals surface area (Å²) in [5.74, 6) is -0.316. The van der Waals surface area contributed by atoms with Crippen LogP contribution in [0, 0.1) is 0 Å². The third-order valence-electron chi connectivity index (χ3n) is 4.17. The Morgan fingerprint density at radius 2 is 1.83 bits per heavy atom. The third kappa shape index (κ3) is 4.39. The Morgan fingerprint density at radius 3 is 2.59 bits per heavy atom. The van der Waals surface area contributed by atoms with Crippen molar-refractivity contribution in [1.82, 2.24) is 20.2 Å². The van der Waals surface area contributed by atoms with Crippen LogP contribution in [0.4, 0.5) is 0 Å². The molecule has 142 valence electrons. The summed E-state index contributed by atoms with van der Waals surface area (Å²) in [6, 6.07) is 20.4. The number of hydrazone groups is 1. The van der Waals surface area contributed by atoms with Gasteiger partial charge in [0.1, 0.15) is 5.69 Å². The van der Waals surface area contributed by atoms with E-state index in [-0.39, 0.29) is 5.91 Å². The molecule has 0 aliphatic rings. The molecule has 29 heavy (non-hydrogen) atoms. The van der Waals surface area contributed by atoms with Crippen LogP contribution >= 0.6 is 11.6 Å². The second-order valence-corrected chi connectivity index (χ2v) is 6.59. The second kappa shape index (κ2) is 8.50. The van der Waals surface area contributed by atoms with Gasteiger partial charge < -0.3 is 0 Å². The quantitative estimate of drug-likeness (QED) is 0.399. The van der Waals surface area contributed by atoms with Gasteiger partial charge in [0.15, 0.2) is 0 Å². The predicted octanol–water partition coefficient (Wildman–Crippen LogP) is 4.35. The Morgan fingerprint density at radius 1 is 1.03 bits per heavy atom. The molecule has 0 radical (unpaired) electrons. The summed E-state index contributed by atoms with van der Waals surface area (Å²) in [6.45, 7) is 0. The minimum absolute atomic E-state index is 0.316. The van der Waals surface area contributed by atoms with Gasteiger partial charge in [0.25, 0.3) is 5.91 Å². The molecule has 1 amide bonds. The lowest BCUT2D eigenvalue weighted by Gasteiger charge is -2.01. The summed E-state index contributed by atoms with van der Waals surface area (Å²) in [5.41, 5.74) is 6.22. The molecule has 6 nitrogen and oxygen atoms in total. The van der Waals surface area contributed by atoms with E-state index >= 15 is 0 Å². The standard InChI is InChI=1S/C22H16ClN5O/c23-19-6-4-5-17(13-19)21-18(15-28(27-21)20-7-2-1-3-8-20)14-25-26-22(29)16-9-11-24-12-10-16/h1-15H,(H,26,29)/b25-14-. The fraction of sp³-hybridized carbons (Fsp3) is 0. The number of aromatic nitrogens is 3. The lowest BCUT2D eigenvalue weighted by Crippen LogP contribution is -2.17. The highest BCUT2D eigenvalue weighted by molar-refractivity contribution is 6.30. The molecule has 0 atom stereocenters. The molecule has 4 aromatic rings. The number of para-hydroxylation sites is 1. The zero-order chi connectivity index (χ0) is 20.1. The molecule has 4 rings (SSSR count). The van der Waals surface area contributed by atoms with E-state index in [0.717, 1.165) is 16.8 Å². The van der Waals surface area contributed by atoms with Crippen LogP contribution in [0.15, 0.2) is 90.4 Å². The smallest absolute Gasteiger partial charge is 0.267 e. The van der Waals surface area contributed by atoms with E-state index in [1.54, 1.807) is 35.4 Å². The summed E-state index contributed by atoms with van der Waals surface area (Å²) < 4.78 is 1.77. The van der Waals surface area contributed by atoms with Crippen molar-refractivity contribution in [3.8, 4) is 16.9 Å². The summed E-state index contributed by atoms with van der Waals surface area (Å²) in [7, 11) is 0. The molecule has 2 aromatic heterocycles. The maximum absolute atomic E-state index is 12.2. The van der Waals surface area contributed by atoms with Crippen molar-refractivity contribution in [2.45, 2.75) is 0 Å². The van der Waals surface area contributed by atoms with Crippen molar-refractivity contribution in [3.63, 3.8) is 0 Å². The lowest BCUT2D eigenvalue weighted by molar-refractivity contribution is 0.0955. The Kier molecular flexibility index (Phi) is 5.45. The van der Waals surface area contributed by atoms with Gasteiger partial charge in [-0.2, -0.15) is 10.2 Å². The molecule has 0 spiro atoms. The molecule has 1 N–H and O–H groups in total. The molecule has 2 aromatic carbocycles. The number of nitrogens with zero attached hydrogens (tertiary/aromatic N) is 4. The van der Waals surface area contributed by atoms with Crippen LogP contribution < -0.4 is 5.43 Å². The molecule has 0 saturated heterocycles. The highest BCUT2D eigenvalue weighted by Crippen LogP contribution is 2.25. The first-order valence-electron chi connectivity index (χ1n) is 8.85. The zero-order valence-electron chi connectivity index (χ0n) is 15.2. The maximum Gasteiger partial charge on any atom is 0.271 e. The normalized spacial score (nSPS) is 10.9. The fourth-order valence-electron chi connectivity index (χ4n) is 2.78. The minimum atomic E-state index is -0.316. The topological polar surface area (TPSA) is 72.2 Å². The minimum Gasteiger partial charge on any atom is -0.267 e. The first kappa shape index (κ1) is 18.6. The summed E-state index contributed by atoms with van der Waals surface area (Å²) >= 11 is 6.15. The Hall–Kier alpha value is -3.77. The van der Waals surface area contributed by atoms with Crippen molar-refractivity contribution in [2.24, 2.45) is 5.10 Å². The Labute approximate surface area is 172 Å². The number of pyridine rings is 1. The van der Waals surface area contributed by atoms with E-state index in [1.165, 1.54) is 0 Å². The van der Waals surface area contributed by atoms with Gasteiger partial charge in [0.2, 0.25) is 0 Å². The van der Waals surface area contributed by atoms with Gasteiger partial charge in [-0.3, -0.25) is 9.78 Å². The van der Waals surface area contributed by atoms with E-state index in [4.69, 9.17) is 16.7 Å². The van der Waals surface area contributed by atoms with E-state index in [2.05, 4.69) is 15.5 Å². The largest absolute Gasteiger partial charge is 0.271 e. The van der Waals surface area contributed by atoms with Gasteiger partial charge in [-0.1, -0.05) is 41.9 Å². The highest BCUT2D eigenvalue weighted by Gasteiger charge is 2.12. The van der Waals surface area contributed by atoms with Crippen LogP contribution in [0.5, 0.6) is 0 Å². The van der Waals surface area contributed by atoms with Crippen LogP contribution in [0.2, 0.25) is 5.02 Å². The summed E-state index contributed by atoms with van der Waals surface area (Å²) in [6.07, 6.45) is 6.54. The van der Waals surface area contributed by atoms with Crippen LogP contribution in [0.25, 0.3) is 16.9 Å². The van der Waals surface area contributed by atoms with Crippen molar-refractivity contribution >= 4 is 23.7 Å². The highest BCUT2D eigenvalue weighted by atomic mass is 35.5. The molecule has 0 bridgehead atoms. The van der Waals surface area contributed by atoms with E-state index in [1.807, 2.05) is 60.8 Å². The Balaban J connectivity index is 1.66. The molecule has 0 aliphatic carbocycles. The van der Waals surface area contributed by atoms with Crippen LogP contribution in [0.3, 0.4) is 0 Å². The number of halogens is 1. The molecular formula is C22H16ClN5O. The van der Waals surface area contributed by atoms with Crippen LogP contribution in [-0.2, 0) is 0 Å². The second-order valence-electron chi connectivity index (χ2n) is 6.16. The van der Waals surface area contributed by atoms with Crippen molar-refractivity contribution < 1.29 is 4.79 Å². The number of amides is 1. The SMILES string of the molecule is O=C(N/N=C\c1cn(-c2ccccc2)nc1-c1cccc(Cl)c1)c1ccncc1. The first-order chi connectivity index (χ1) is 14.2. The van der Waals surface area contributed by atoms with Crippen molar-refractivity contribution in [3.05, 3.63) is 101 Å². The first-order valence-corrected chi connectivity index (χ1v) is 9.23. The van der Waals surface area contributed by atoms with Crippen molar-refractivity contribution in [2.75, 3.05) is 0 Å². The van der Waals surface area contributed by atoms with Crippen LogP contribution in [0.1, 0.15) is 15.9 Å². The van der Waals surface area contributed by atoms with E-state index in [0.29, 0.717) is 16.3 Å². The number of benzene rings is 2. The lowest BCUT2D eigenvalue weighted by atomic mass is 10.1. The van der Waals surface area contributed by atoms with E-state index < -0.39 is 0 Å². The van der Waals surface area contributed by atoms with Gasteiger partial charge in [-0.05, 0) is 36.4 Å². The number of hydrogen-bond acceptors (Lipinski definition) is 4. The predicted molar refractivity (Wildman–Crippen MR) is 113 cm³/mol. The molecular weight excluding hydrogens is 386 g/mol. The van der Waals surface area contributed by atoms with Gasteiger partial charge in [-0.25, -0.2) is 10.1 Å². The average molecular weight is 402 g/mol. The Bertz CT molecular complexity index is 1160. The molecule has 0 fully saturated rings. The molecule has 0 unspecified atom stereocenters. The maximum atomic E-state index is 12.2. The number of hydrogen-bond donors (Lipinski definition) is 1. The fourth-order valence-corrected chi connectivity index (χ4v) is 2.97. The van der Waals surface area contributed by atoms with Gasteiger partial charge in [0, 0.05) is 40.3 Å². The molecule has 2 heterocycles. The van der Waals surface area contributed by atoms with E-state index in [9.17, 15) is 4.79 Å². The van der Waals surface area contributed by atoms with Gasteiger partial charge in [-0.15, -0.1) is 0 Å². The van der Waals surface area contributed by atoms with Crippen molar-refractivity contribution in [1.29, 1.82) is 0 Å². The zero-order valence-corrected chi connectivity index (χ0v) is 16.0. The van der Waals surface area contributed by atoms with Gasteiger partial charge >= 0.3 is 0 Å². The number of nitrogens with one attached hydrogen (secondary N) is 1.